The SMILES string of the molecule is CCC(C)NCC1(COC)C=C(Cc2ccccc2)c2c(Cc3ccccc3)cccc21. The van der Waals surface area contributed by atoms with Crippen molar-refractivity contribution in [3.05, 3.63) is 113 Å². The standard InChI is InChI=1S/C30H35NO/c1-4-23(2)31-21-30(22-32-3)20-27(19-25-14-9-6-10-15-25)29-26(16-11-17-28(29)30)18-24-12-7-5-8-13-24/h5-17,20,23,31H,4,18-19,21-22H2,1-3H3. The molecule has 3 aromatic carbocycles. The first-order chi connectivity index (χ1) is 15.6. The lowest BCUT2D eigenvalue weighted by atomic mass is 9.81. The summed E-state index contributed by atoms with van der Waals surface area (Å²) < 4.78 is 5.82. The Kier molecular flexibility index (Phi) is 7.24. The lowest BCUT2D eigenvalue weighted by Gasteiger charge is -2.30. The fourth-order valence-electron chi connectivity index (χ4n) is 4.87. The van der Waals surface area contributed by atoms with Gasteiger partial charge in [-0.25, -0.2) is 0 Å². The van der Waals surface area contributed by atoms with Crippen molar-refractivity contribution in [3.8, 4) is 0 Å². The minimum atomic E-state index is -0.148. The highest BCUT2D eigenvalue weighted by molar-refractivity contribution is 5.80. The smallest absolute Gasteiger partial charge is 0.0606 e. The van der Waals surface area contributed by atoms with Crippen molar-refractivity contribution in [3.63, 3.8) is 0 Å². The van der Waals surface area contributed by atoms with Gasteiger partial charge < -0.3 is 10.1 Å². The average molecular weight is 426 g/mol. The van der Waals surface area contributed by atoms with Crippen LogP contribution in [0.2, 0.25) is 0 Å². The highest BCUT2D eigenvalue weighted by atomic mass is 16.5. The molecule has 0 saturated heterocycles. The molecule has 0 bridgehead atoms. The van der Waals surface area contributed by atoms with Crippen LogP contribution in [-0.2, 0) is 23.0 Å². The van der Waals surface area contributed by atoms with Gasteiger partial charge in [-0.1, -0.05) is 91.9 Å². The van der Waals surface area contributed by atoms with Gasteiger partial charge in [0.2, 0.25) is 0 Å². The van der Waals surface area contributed by atoms with Crippen LogP contribution in [0.4, 0.5) is 0 Å². The maximum atomic E-state index is 5.82. The zero-order valence-electron chi connectivity index (χ0n) is 19.6. The molecule has 0 saturated carbocycles. The van der Waals surface area contributed by atoms with Crippen LogP contribution >= 0.6 is 0 Å². The minimum Gasteiger partial charge on any atom is -0.383 e. The number of benzene rings is 3. The highest BCUT2D eigenvalue weighted by Crippen LogP contribution is 2.44. The molecular weight excluding hydrogens is 390 g/mol. The number of fused-ring (bicyclic) bond motifs is 1. The number of methoxy groups -OCH3 is 1. The third-order valence-electron chi connectivity index (χ3n) is 6.71. The number of hydrogen-bond acceptors (Lipinski definition) is 2. The van der Waals surface area contributed by atoms with Crippen LogP contribution in [0.25, 0.3) is 5.57 Å². The van der Waals surface area contributed by atoms with E-state index >= 15 is 0 Å². The predicted octanol–water partition coefficient (Wildman–Crippen LogP) is 6.19. The zero-order chi connectivity index (χ0) is 22.4. The first-order valence-electron chi connectivity index (χ1n) is 11.8. The molecule has 3 aromatic rings. The molecule has 0 fully saturated rings. The molecule has 1 aliphatic rings. The molecule has 0 aromatic heterocycles. The first kappa shape index (κ1) is 22.5. The van der Waals surface area contributed by atoms with Crippen molar-refractivity contribution in [2.24, 2.45) is 0 Å². The predicted molar refractivity (Wildman–Crippen MR) is 135 cm³/mol. The second-order valence-corrected chi connectivity index (χ2v) is 9.11. The Morgan fingerprint density at radius 2 is 1.50 bits per heavy atom. The zero-order valence-corrected chi connectivity index (χ0v) is 19.6. The molecule has 4 rings (SSSR count). The molecule has 1 N–H and O–H groups in total. The summed E-state index contributed by atoms with van der Waals surface area (Å²) in [4.78, 5) is 0. The van der Waals surface area contributed by atoms with E-state index in [2.05, 4.69) is 104 Å². The first-order valence-corrected chi connectivity index (χ1v) is 11.8. The van der Waals surface area contributed by atoms with Gasteiger partial charge in [-0.05, 0) is 59.6 Å². The molecule has 166 valence electrons. The van der Waals surface area contributed by atoms with Gasteiger partial charge in [-0.3, -0.25) is 0 Å². The molecule has 0 aliphatic heterocycles. The second-order valence-electron chi connectivity index (χ2n) is 9.11. The Balaban J connectivity index is 1.79. The van der Waals surface area contributed by atoms with Gasteiger partial charge in [0.15, 0.2) is 0 Å². The fourth-order valence-corrected chi connectivity index (χ4v) is 4.87. The summed E-state index contributed by atoms with van der Waals surface area (Å²) in [5.41, 5.74) is 8.18. The monoisotopic (exact) mass is 425 g/mol. The molecule has 0 amide bonds. The molecule has 1 aliphatic carbocycles. The summed E-state index contributed by atoms with van der Waals surface area (Å²) in [6.45, 7) is 6.06. The van der Waals surface area contributed by atoms with Crippen LogP contribution in [0.15, 0.2) is 84.9 Å². The van der Waals surface area contributed by atoms with Gasteiger partial charge in [0.05, 0.1) is 12.0 Å². The van der Waals surface area contributed by atoms with E-state index in [0.717, 1.165) is 25.8 Å². The summed E-state index contributed by atoms with van der Waals surface area (Å²) in [7, 11) is 1.82. The molecular formula is C30H35NO. The number of allylic oxidation sites excluding steroid dienone is 1. The molecule has 2 nitrogen and oxygen atoms in total. The van der Waals surface area contributed by atoms with Gasteiger partial charge >= 0.3 is 0 Å². The molecule has 2 atom stereocenters. The van der Waals surface area contributed by atoms with Crippen molar-refractivity contribution in [1.82, 2.24) is 5.32 Å². The maximum absolute atomic E-state index is 5.82. The summed E-state index contributed by atoms with van der Waals surface area (Å²) in [6.07, 6.45) is 5.50. The van der Waals surface area contributed by atoms with Crippen LogP contribution < -0.4 is 5.32 Å². The normalized spacial score (nSPS) is 18.3. The van der Waals surface area contributed by atoms with Crippen molar-refractivity contribution in [2.45, 2.75) is 44.6 Å². The van der Waals surface area contributed by atoms with Crippen LogP contribution in [0.5, 0.6) is 0 Å². The van der Waals surface area contributed by atoms with E-state index in [0.29, 0.717) is 12.6 Å². The molecule has 32 heavy (non-hydrogen) atoms. The molecule has 0 heterocycles. The van der Waals surface area contributed by atoms with E-state index in [9.17, 15) is 0 Å². The fraction of sp³-hybridized carbons (Fsp3) is 0.333. The molecule has 2 heteroatoms. The van der Waals surface area contributed by atoms with Crippen molar-refractivity contribution in [1.29, 1.82) is 0 Å². The molecule has 0 spiro atoms. The summed E-state index contributed by atoms with van der Waals surface area (Å²) >= 11 is 0. The topological polar surface area (TPSA) is 21.3 Å². The van der Waals surface area contributed by atoms with E-state index < -0.39 is 0 Å². The van der Waals surface area contributed by atoms with Crippen molar-refractivity contribution < 1.29 is 4.74 Å². The molecule has 2 unspecified atom stereocenters. The van der Waals surface area contributed by atoms with Crippen LogP contribution in [0.1, 0.15) is 48.1 Å². The second kappa shape index (κ2) is 10.3. The van der Waals surface area contributed by atoms with E-state index in [1.807, 2.05) is 7.11 Å². The van der Waals surface area contributed by atoms with Gasteiger partial charge in [0.1, 0.15) is 0 Å². The van der Waals surface area contributed by atoms with Crippen LogP contribution in [-0.4, -0.2) is 26.3 Å². The average Bonchev–Trinajstić information content (AvgIpc) is 3.13. The van der Waals surface area contributed by atoms with Gasteiger partial charge in [0.25, 0.3) is 0 Å². The van der Waals surface area contributed by atoms with Crippen molar-refractivity contribution in [2.75, 3.05) is 20.3 Å². The lowest BCUT2D eigenvalue weighted by Crippen LogP contribution is -2.42. The number of ether oxygens (including phenoxy) is 1. The van der Waals surface area contributed by atoms with E-state index in [1.54, 1.807) is 0 Å². The largest absolute Gasteiger partial charge is 0.383 e. The molecule has 0 radical (unpaired) electrons. The number of nitrogens with one attached hydrogen (secondary N) is 1. The quantitative estimate of drug-likeness (QED) is 0.418. The Bertz CT molecular complexity index is 1040. The van der Waals surface area contributed by atoms with E-state index in [4.69, 9.17) is 4.74 Å². The van der Waals surface area contributed by atoms with E-state index in [-0.39, 0.29) is 5.41 Å². The Labute approximate surface area is 193 Å². The summed E-state index contributed by atoms with van der Waals surface area (Å²) in [5.74, 6) is 0. The Morgan fingerprint density at radius 1 is 0.844 bits per heavy atom. The summed E-state index contributed by atoms with van der Waals surface area (Å²) in [6, 6.07) is 28.9. The lowest BCUT2D eigenvalue weighted by molar-refractivity contribution is 0.149. The van der Waals surface area contributed by atoms with Crippen molar-refractivity contribution >= 4 is 5.57 Å². The number of hydrogen-bond donors (Lipinski definition) is 1. The third-order valence-corrected chi connectivity index (χ3v) is 6.71. The van der Waals surface area contributed by atoms with Crippen LogP contribution in [0, 0.1) is 0 Å². The Morgan fingerprint density at radius 3 is 2.12 bits per heavy atom. The minimum absolute atomic E-state index is 0.148. The summed E-state index contributed by atoms with van der Waals surface area (Å²) in [5, 5.41) is 3.77. The van der Waals surface area contributed by atoms with Crippen LogP contribution in [0.3, 0.4) is 0 Å². The third kappa shape index (κ3) is 4.87. The number of rotatable bonds is 10. The Hall–Kier alpha value is -2.68. The van der Waals surface area contributed by atoms with Gasteiger partial charge in [0, 0.05) is 19.7 Å². The highest BCUT2D eigenvalue weighted by Gasteiger charge is 2.39. The van der Waals surface area contributed by atoms with Gasteiger partial charge in [-0.15, -0.1) is 0 Å². The maximum Gasteiger partial charge on any atom is 0.0606 e. The van der Waals surface area contributed by atoms with Gasteiger partial charge in [-0.2, -0.15) is 0 Å². The van der Waals surface area contributed by atoms with E-state index in [1.165, 1.54) is 33.4 Å².